The van der Waals surface area contributed by atoms with Crippen LogP contribution in [0.15, 0.2) is 76.7 Å². The number of para-hydroxylation sites is 1. The Hall–Kier alpha value is -3.12. The van der Waals surface area contributed by atoms with Crippen molar-refractivity contribution in [3.8, 4) is 11.1 Å². The van der Waals surface area contributed by atoms with Crippen LogP contribution in [-0.2, 0) is 9.84 Å². The average molecular weight is 409 g/mol. The third-order valence-corrected chi connectivity index (χ3v) is 6.77. The molecule has 0 saturated heterocycles. The molecule has 0 aliphatic heterocycles. The van der Waals surface area contributed by atoms with Crippen LogP contribution in [0.5, 0.6) is 0 Å². The fraction of sp³-hybridized carbons (Fsp3) is 0.0870. The molecule has 0 radical (unpaired) electrons. The lowest BCUT2D eigenvalue weighted by Crippen LogP contribution is -2.06. The van der Waals surface area contributed by atoms with Crippen molar-refractivity contribution in [3.05, 3.63) is 89.6 Å². The summed E-state index contributed by atoms with van der Waals surface area (Å²) in [5.74, 6) is -1.09. The Bertz CT molecular complexity index is 1360. The van der Waals surface area contributed by atoms with E-state index in [2.05, 4.69) is 4.98 Å². The van der Waals surface area contributed by atoms with E-state index in [-0.39, 0.29) is 20.9 Å². The minimum atomic E-state index is -3.98. The van der Waals surface area contributed by atoms with E-state index in [4.69, 9.17) is 0 Å². The van der Waals surface area contributed by atoms with Crippen LogP contribution in [0.4, 0.5) is 8.78 Å². The summed E-state index contributed by atoms with van der Waals surface area (Å²) in [5, 5.41) is 0.306. The minimum Gasteiger partial charge on any atom is -0.252 e. The molecule has 1 aromatic heterocycles. The summed E-state index contributed by atoms with van der Waals surface area (Å²) in [7, 11) is -3.98. The molecule has 6 heteroatoms. The zero-order valence-electron chi connectivity index (χ0n) is 15.8. The van der Waals surface area contributed by atoms with Crippen molar-refractivity contribution in [2.24, 2.45) is 0 Å². The van der Waals surface area contributed by atoms with Gasteiger partial charge in [0.1, 0.15) is 17.2 Å². The van der Waals surface area contributed by atoms with Gasteiger partial charge in [0.2, 0.25) is 9.84 Å². The summed E-state index contributed by atoms with van der Waals surface area (Å²) < 4.78 is 55.2. The Morgan fingerprint density at radius 3 is 2.34 bits per heavy atom. The molecule has 0 fully saturated rings. The fourth-order valence-corrected chi connectivity index (χ4v) is 4.84. The number of benzene rings is 3. The Kier molecular flexibility index (Phi) is 4.67. The standard InChI is InChI=1S/C23H17F2NO2S/c1-14-9-10-18(11-15(14)2)29(27,28)21-13-26-23-19(7-4-8-20(23)25)22(21)16-5-3-6-17(24)12-16/h3-13H,1-2H3. The molecule has 0 saturated carbocycles. The molecule has 0 atom stereocenters. The maximum absolute atomic E-state index is 14.3. The number of fused-ring (bicyclic) bond motifs is 1. The number of hydrogen-bond donors (Lipinski definition) is 0. The van der Waals surface area contributed by atoms with Gasteiger partial charge in [-0.2, -0.15) is 0 Å². The number of pyridine rings is 1. The van der Waals surface area contributed by atoms with E-state index in [1.807, 2.05) is 13.8 Å². The number of rotatable bonds is 3. The van der Waals surface area contributed by atoms with Crippen molar-refractivity contribution in [3.63, 3.8) is 0 Å². The predicted molar refractivity (Wildman–Crippen MR) is 108 cm³/mol. The zero-order valence-corrected chi connectivity index (χ0v) is 16.6. The van der Waals surface area contributed by atoms with Crippen LogP contribution in [0.1, 0.15) is 11.1 Å². The van der Waals surface area contributed by atoms with E-state index in [1.165, 1.54) is 36.4 Å². The van der Waals surface area contributed by atoms with Crippen molar-refractivity contribution >= 4 is 20.7 Å². The number of sulfone groups is 1. The fourth-order valence-electron chi connectivity index (χ4n) is 3.32. The molecule has 0 aliphatic rings. The van der Waals surface area contributed by atoms with E-state index in [9.17, 15) is 17.2 Å². The largest absolute Gasteiger partial charge is 0.252 e. The Labute approximate surface area is 167 Å². The second kappa shape index (κ2) is 7.04. The highest BCUT2D eigenvalue weighted by Gasteiger charge is 2.25. The minimum absolute atomic E-state index is 0.0331. The molecule has 146 valence electrons. The van der Waals surface area contributed by atoms with Gasteiger partial charge in [0.25, 0.3) is 0 Å². The van der Waals surface area contributed by atoms with E-state index < -0.39 is 21.5 Å². The molecule has 0 spiro atoms. The first-order chi connectivity index (χ1) is 13.8. The summed E-state index contributed by atoms with van der Waals surface area (Å²) >= 11 is 0. The van der Waals surface area contributed by atoms with Crippen LogP contribution >= 0.6 is 0 Å². The second-order valence-corrected chi connectivity index (χ2v) is 8.81. The Morgan fingerprint density at radius 2 is 1.62 bits per heavy atom. The monoisotopic (exact) mass is 409 g/mol. The number of halogens is 2. The maximum atomic E-state index is 14.3. The molecule has 4 aromatic rings. The summed E-state index contributed by atoms with van der Waals surface area (Å²) in [5.41, 5.74) is 2.40. The summed E-state index contributed by atoms with van der Waals surface area (Å²) in [6, 6.07) is 14.8. The highest BCUT2D eigenvalue weighted by atomic mass is 32.2. The van der Waals surface area contributed by atoms with Crippen molar-refractivity contribution in [1.29, 1.82) is 0 Å². The molecular formula is C23H17F2NO2S. The van der Waals surface area contributed by atoms with Gasteiger partial charge in [-0.05, 0) is 60.9 Å². The van der Waals surface area contributed by atoms with Gasteiger partial charge in [-0.3, -0.25) is 4.98 Å². The van der Waals surface area contributed by atoms with Crippen LogP contribution in [0.3, 0.4) is 0 Å². The summed E-state index contributed by atoms with van der Waals surface area (Å²) in [6.45, 7) is 3.72. The summed E-state index contributed by atoms with van der Waals surface area (Å²) in [4.78, 5) is 4.09. The molecule has 3 aromatic carbocycles. The maximum Gasteiger partial charge on any atom is 0.208 e. The van der Waals surface area contributed by atoms with E-state index in [1.54, 1.807) is 24.3 Å². The van der Waals surface area contributed by atoms with Gasteiger partial charge in [-0.1, -0.05) is 30.3 Å². The lowest BCUT2D eigenvalue weighted by molar-refractivity contribution is 0.595. The number of nitrogens with zero attached hydrogens (tertiary/aromatic N) is 1. The third-order valence-electron chi connectivity index (χ3n) is 5.00. The van der Waals surface area contributed by atoms with E-state index in [0.29, 0.717) is 10.9 Å². The first-order valence-corrected chi connectivity index (χ1v) is 10.4. The predicted octanol–water partition coefficient (Wildman–Crippen LogP) is 5.63. The normalized spacial score (nSPS) is 11.7. The molecule has 0 amide bonds. The van der Waals surface area contributed by atoms with Gasteiger partial charge in [0.05, 0.1) is 9.79 Å². The smallest absolute Gasteiger partial charge is 0.208 e. The first-order valence-electron chi connectivity index (χ1n) is 8.94. The molecule has 29 heavy (non-hydrogen) atoms. The van der Waals surface area contributed by atoms with Gasteiger partial charge >= 0.3 is 0 Å². The Morgan fingerprint density at radius 1 is 0.862 bits per heavy atom. The molecule has 3 nitrogen and oxygen atoms in total. The highest BCUT2D eigenvalue weighted by molar-refractivity contribution is 7.91. The molecule has 0 aliphatic carbocycles. The lowest BCUT2D eigenvalue weighted by Gasteiger charge is -2.15. The van der Waals surface area contributed by atoms with Gasteiger partial charge in [0.15, 0.2) is 0 Å². The van der Waals surface area contributed by atoms with Crippen LogP contribution in [0, 0.1) is 25.5 Å². The van der Waals surface area contributed by atoms with Crippen LogP contribution < -0.4 is 0 Å². The average Bonchev–Trinajstić information content (AvgIpc) is 2.69. The van der Waals surface area contributed by atoms with E-state index >= 15 is 0 Å². The van der Waals surface area contributed by atoms with Gasteiger partial charge < -0.3 is 0 Å². The number of aromatic nitrogens is 1. The first kappa shape index (κ1) is 19.2. The van der Waals surface area contributed by atoms with Crippen molar-refractivity contribution < 1.29 is 17.2 Å². The van der Waals surface area contributed by atoms with Crippen LogP contribution in [0.25, 0.3) is 22.0 Å². The topological polar surface area (TPSA) is 47.0 Å². The molecule has 1 heterocycles. The van der Waals surface area contributed by atoms with Crippen LogP contribution in [0.2, 0.25) is 0 Å². The molecular weight excluding hydrogens is 392 g/mol. The lowest BCUT2D eigenvalue weighted by atomic mass is 10.0. The van der Waals surface area contributed by atoms with Gasteiger partial charge in [0, 0.05) is 17.1 Å². The quantitative estimate of drug-likeness (QED) is 0.441. The molecule has 0 unspecified atom stereocenters. The molecule has 0 N–H and O–H groups in total. The van der Waals surface area contributed by atoms with Gasteiger partial charge in [-0.15, -0.1) is 0 Å². The number of hydrogen-bond acceptors (Lipinski definition) is 3. The molecule has 4 rings (SSSR count). The van der Waals surface area contributed by atoms with Crippen molar-refractivity contribution in [1.82, 2.24) is 4.98 Å². The van der Waals surface area contributed by atoms with Crippen LogP contribution in [-0.4, -0.2) is 13.4 Å². The second-order valence-electron chi connectivity index (χ2n) is 6.89. The van der Waals surface area contributed by atoms with Crippen molar-refractivity contribution in [2.75, 3.05) is 0 Å². The van der Waals surface area contributed by atoms with Gasteiger partial charge in [-0.25, -0.2) is 17.2 Å². The summed E-state index contributed by atoms with van der Waals surface area (Å²) in [6.07, 6.45) is 1.15. The number of aryl methyl sites for hydroxylation is 2. The SMILES string of the molecule is Cc1ccc(S(=O)(=O)c2cnc3c(F)cccc3c2-c2cccc(F)c2)cc1C. The Balaban J connectivity index is 2.09. The zero-order chi connectivity index (χ0) is 20.8. The third kappa shape index (κ3) is 3.29. The van der Waals surface area contributed by atoms with E-state index in [0.717, 1.165) is 17.3 Å². The highest BCUT2D eigenvalue weighted by Crippen LogP contribution is 2.37. The molecule has 0 bridgehead atoms. The van der Waals surface area contributed by atoms with Crippen molar-refractivity contribution in [2.45, 2.75) is 23.6 Å².